The fourth-order valence-electron chi connectivity index (χ4n) is 7.79. The first-order valence-electron chi connectivity index (χ1n) is 22.2. The second kappa shape index (κ2) is 23.7. The maximum absolute atomic E-state index is 13.0. The van der Waals surface area contributed by atoms with E-state index in [-0.39, 0.29) is 40.8 Å². The van der Waals surface area contributed by atoms with Crippen molar-refractivity contribution in [2.45, 2.75) is 110 Å². The first-order chi connectivity index (χ1) is 30.9. The summed E-state index contributed by atoms with van der Waals surface area (Å²) in [5, 5.41) is 14.3. The van der Waals surface area contributed by atoms with Crippen molar-refractivity contribution in [2.75, 3.05) is 27.3 Å². The largest absolute Gasteiger partial charge is 0.478 e. The standard InChI is InChI=1S/C26H29ClN2O2S.C20H18ClNO2S.C7H14O.ClH/c1-26(2,3)24-14-17(9-10-28-24)19-13-23(32-16-19)21-8-7-18(12-22(21)27)25(30)29-11-5-6-20(15-29)31-4;1-20(2,3)18-10-12(6-7-22-18)14-9-17(25-11-14)15-5-4-13(19(23)24)8-16(15)21;1-8-7-5-3-2-4-6-7;/h7-10,12-14,16,20H,5-6,11,15H2,1-4H3;4-11H,1-3H3,(H,23,24);7H,2-6H2,1H3;1H. The number of hydrogen-bond donors (Lipinski definition) is 1. The van der Waals surface area contributed by atoms with Gasteiger partial charge in [-0.15, -0.1) is 35.1 Å². The highest BCUT2D eigenvalue weighted by molar-refractivity contribution is 7.14. The summed E-state index contributed by atoms with van der Waals surface area (Å²) in [5.41, 5.74) is 9.20. The van der Waals surface area contributed by atoms with Gasteiger partial charge >= 0.3 is 5.97 Å². The normalized spacial score (nSPS) is 15.4. The summed E-state index contributed by atoms with van der Waals surface area (Å²) in [6.45, 7) is 14.3. The van der Waals surface area contributed by atoms with Crippen LogP contribution < -0.4 is 0 Å². The van der Waals surface area contributed by atoms with Crippen molar-refractivity contribution in [3.05, 3.63) is 129 Å². The lowest BCUT2D eigenvalue weighted by atomic mass is 9.90. The number of pyridine rings is 2. The van der Waals surface area contributed by atoms with Gasteiger partial charge < -0.3 is 19.5 Å². The van der Waals surface area contributed by atoms with Crippen LogP contribution in [-0.2, 0) is 20.3 Å². The molecule has 1 atom stereocenters. The summed E-state index contributed by atoms with van der Waals surface area (Å²) < 4.78 is 10.6. The van der Waals surface area contributed by atoms with Crippen LogP contribution in [0.4, 0.5) is 0 Å². The molecular weight excluding hydrogens is 929 g/mol. The Morgan fingerprint density at radius 3 is 1.55 bits per heavy atom. The Bertz CT molecular complexity index is 2560. The number of carbonyl (C=O) groups excluding carboxylic acids is 1. The number of thiophene rings is 2. The zero-order chi connectivity index (χ0) is 46.9. The number of likely N-dealkylation sites (tertiary alicyclic amines) is 1. The number of rotatable bonds is 8. The van der Waals surface area contributed by atoms with Gasteiger partial charge in [0.05, 0.1) is 27.8 Å². The molecule has 1 aliphatic heterocycles. The van der Waals surface area contributed by atoms with Crippen LogP contribution in [0.2, 0.25) is 10.0 Å². The number of amides is 1. The third kappa shape index (κ3) is 14.0. The van der Waals surface area contributed by atoms with E-state index in [1.54, 1.807) is 48.0 Å². The van der Waals surface area contributed by atoms with Crippen LogP contribution in [-0.4, -0.2) is 71.4 Å². The van der Waals surface area contributed by atoms with E-state index in [0.717, 1.165) is 73.9 Å². The van der Waals surface area contributed by atoms with Crippen LogP contribution in [0.15, 0.2) is 96.0 Å². The van der Waals surface area contributed by atoms with Crippen LogP contribution in [0.5, 0.6) is 0 Å². The lowest BCUT2D eigenvalue weighted by Crippen LogP contribution is -2.42. The molecule has 0 radical (unpaired) electrons. The van der Waals surface area contributed by atoms with E-state index in [1.165, 1.54) is 38.2 Å². The molecule has 1 aliphatic carbocycles. The Balaban J connectivity index is 0.000000213. The first-order valence-corrected chi connectivity index (χ1v) is 24.8. The van der Waals surface area contributed by atoms with Crippen molar-refractivity contribution in [1.82, 2.24) is 14.9 Å². The molecule has 13 heteroatoms. The van der Waals surface area contributed by atoms with Crippen LogP contribution in [0.25, 0.3) is 43.1 Å². The van der Waals surface area contributed by atoms with E-state index in [0.29, 0.717) is 28.3 Å². The lowest BCUT2D eigenvalue weighted by Gasteiger charge is -2.32. The molecule has 5 heterocycles. The average Bonchev–Trinajstić information content (AvgIpc) is 4.01. The molecule has 1 N–H and O–H groups in total. The maximum atomic E-state index is 13.0. The minimum absolute atomic E-state index is 0. The molecule has 8 nitrogen and oxygen atoms in total. The molecule has 1 amide bonds. The number of aromatic nitrogens is 2. The highest BCUT2D eigenvalue weighted by Gasteiger charge is 2.25. The Morgan fingerprint density at radius 1 is 0.636 bits per heavy atom. The molecule has 352 valence electrons. The first kappa shape index (κ1) is 52.8. The second-order valence-electron chi connectivity index (χ2n) is 18.7. The number of benzene rings is 2. The number of carboxylic acids is 1. The van der Waals surface area contributed by atoms with Gasteiger partial charge in [-0.2, -0.15) is 0 Å². The van der Waals surface area contributed by atoms with Gasteiger partial charge in [0.2, 0.25) is 0 Å². The minimum Gasteiger partial charge on any atom is -0.478 e. The molecule has 1 unspecified atom stereocenters. The average molecular weight is 992 g/mol. The summed E-state index contributed by atoms with van der Waals surface area (Å²) >= 11 is 16.2. The summed E-state index contributed by atoms with van der Waals surface area (Å²) in [5.74, 6) is -0.967. The Hall–Kier alpha value is -4.13. The van der Waals surface area contributed by atoms with Crippen molar-refractivity contribution in [2.24, 2.45) is 0 Å². The summed E-state index contributed by atoms with van der Waals surface area (Å²) in [6, 6.07) is 23.0. The number of methoxy groups -OCH3 is 2. The van der Waals surface area contributed by atoms with Crippen molar-refractivity contribution >= 4 is 70.2 Å². The Morgan fingerprint density at radius 2 is 1.11 bits per heavy atom. The number of carbonyl (C=O) groups is 2. The molecule has 2 fully saturated rings. The van der Waals surface area contributed by atoms with Gasteiger partial charge in [0, 0.05) is 88.4 Å². The van der Waals surface area contributed by atoms with Gasteiger partial charge in [0.1, 0.15) is 0 Å². The number of aromatic carboxylic acids is 1. The predicted octanol–water partition coefficient (Wildman–Crippen LogP) is 15.2. The maximum Gasteiger partial charge on any atom is 0.335 e. The van der Waals surface area contributed by atoms with Gasteiger partial charge in [-0.25, -0.2) is 4.79 Å². The quantitative estimate of drug-likeness (QED) is 0.162. The highest BCUT2D eigenvalue weighted by Crippen LogP contribution is 2.39. The fraction of sp³-hybridized carbons (Fsp3) is 0.396. The smallest absolute Gasteiger partial charge is 0.335 e. The Kier molecular flexibility index (Phi) is 19.0. The van der Waals surface area contributed by atoms with Gasteiger partial charge in [-0.1, -0.05) is 96.1 Å². The molecule has 0 spiro atoms. The van der Waals surface area contributed by atoms with Crippen molar-refractivity contribution < 1.29 is 24.2 Å². The molecule has 66 heavy (non-hydrogen) atoms. The third-order valence-corrected chi connectivity index (χ3v) is 14.3. The molecule has 6 aromatic rings. The molecule has 8 rings (SSSR count). The predicted molar refractivity (Wildman–Crippen MR) is 277 cm³/mol. The zero-order valence-corrected chi connectivity index (χ0v) is 43.1. The number of carboxylic acid groups (broad SMARTS) is 1. The molecule has 0 bridgehead atoms. The summed E-state index contributed by atoms with van der Waals surface area (Å²) in [7, 11) is 3.52. The van der Waals surface area contributed by atoms with E-state index in [4.69, 9.17) is 37.8 Å². The summed E-state index contributed by atoms with van der Waals surface area (Å²) in [6.07, 6.45) is 13.1. The Labute approximate surface area is 415 Å². The van der Waals surface area contributed by atoms with Crippen molar-refractivity contribution in [3.8, 4) is 43.1 Å². The number of hydrogen-bond acceptors (Lipinski definition) is 8. The van der Waals surface area contributed by atoms with Crippen molar-refractivity contribution in [3.63, 3.8) is 0 Å². The van der Waals surface area contributed by atoms with Gasteiger partial charge in [-0.3, -0.25) is 14.8 Å². The molecule has 1 saturated carbocycles. The topological polar surface area (TPSA) is 102 Å². The molecule has 2 aromatic carbocycles. The number of piperidine rings is 1. The van der Waals surface area contributed by atoms with Crippen LogP contribution >= 0.6 is 58.3 Å². The number of nitrogens with zero attached hydrogens (tertiary/aromatic N) is 3. The van der Waals surface area contributed by atoms with Gasteiger partial charge in [-0.05, 0) is 119 Å². The zero-order valence-electron chi connectivity index (χ0n) is 39.2. The van der Waals surface area contributed by atoms with Gasteiger partial charge in [0.15, 0.2) is 0 Å². The van der Waals surface area contributed by atoms with E-state index in [1.807, 2.05) is 48.7 Å². The van der Waals surface area contributed by atoms with Crippen LogP contribution in [0.1, 0.15) is 119 Å². The molecular formula is C53H62Cl3N3O5S2. The molecule has 4 aromatic heterocycles. The monoisotopic (exact) mass is 989 g/mol. The van der Waals surface area contributed by atoms with Gasteiger partial charge in [0.25, 0.3) is 5.91 Å². The summed E-state index contributed by atoms with van der Waals surface area (Å²) in [4.78, 5) is 37.0. The third-order valence-electron chi connectivity index (χ3n) is 11.8. The van der Waals surface area contributed by atoms with E-state index in [9.17, 15) is 9.59 Å². The SMILES string of the molecule is CC(C)(C)c1cc(-c2csc(-c3ccc(C(=O)O)cc3Cl)c2)ccn1.COC1CCCCC1.COC1CCCN(C(=O)c2ccc(-c3cc(-c4ccnc(C(C)(C)C)c4)cs3)c(Cl)c2)C1.Cl. The number of ether oxygens (including phenoxy) is 2. The second-order valence-corrected chi connectivity index (χ2v) is 21.3. The van der Waals surface area contributed by atoms with Crippen LogP contribution in [0.3, 0.4) is 0 Å². The van der Waals surface area contributed by atoms with E-state index >= 15 is 0 Å². The van der Waals surface area contributed by atoms with Crippen LogP contribution in [0, 0.1) is 0 Å². The fourth-order valence-corrected chi connectivity index (χ4v) is 10.4. The van der Waals surface area contributed by atoms with E-state index < -0.39 is 5.97 Å². The molecule has 2 aliphatic rings. The minimum atomic E-state index is -0.980. The van der Waals surface area contributed by atoms with E-state index in [2.05, 4.69) is 86.5 Å². The number of halogens is 3. The highest BCUT2D eigenvalue weighted by atomic mass is 35.5. The lowest BCUT2D eigenvalue weighted by molar-refractivity contribution is 0.0269. The molecule has 1 saturated heterocycles. The van der Waals surface area contributed by atoms with Crippen molar-refractivity contribution in [1.29, 1.82) is 0 Å².